The molecule has 1 fully saturated rings. The zero-order valence-electron chi connectivity index (χ0n) is 13.8. The second-order valence-corrected chi connectivity index (χ2v) is 7.43. The number of thioether (sulfide) groups is 1. The summed E-state index contributed by atoms with van der Waals surface area (Å²) in [7, 11) is 0. The van der Waals surface area contributed by atoms with Crippen molar-refractivity contribution in [3.8, 4) is 0 Å². The van der Waals surface area contributed by atoms with E-state index in [-0.39, 0.29) is 18.2 Å². The number of rotatable bonds is 5. The molecule has 2 aromatic carbocycles. The molecule has 0 aliphatic carbocycles. The zero-order valence-corrected chi connectivity index (χ0v) is 15.4. The fraction of sp³-hybridized carbons (Fsp3) is 0.368. The predicted molar refractivity (Wildman–Crippen MR) is 99.0 cm³/mol. The molecule has 2 aromatic rings. The molecule has 0 unspecified atom stereocenters. The third kappa shape index (κ3) is 5.66. The number of benzene rings is 2. The summed E-state index contributed by atoms with van der Waals surface area (Å²) in [4.78, 5) is 3.05. The highest BCUT2D eigenvalue weighted by Crippen LogP contribution is 2.31. The SMILES string of the molecule is Cl.Fc1ccc(CCN2CCC(Sc3ccccc3F)CC2)cc1F. The summed E-state index contributed by atoms with van der Waals surface area (Å²) in [6.07, 6.45) is 2.73. The number of hydrogen-bond donors (Lipinski definition) is 0. The molecule has 1 aliphatic rings. The van der Waals surface area contributed by atoms with Crippen molar-refractivity contribution >= 4 is 24.2 Å². The normalized spacial score (nSPS) is 15.8. The maximum atomic E-state index is 13.7. The van der Waals surface area contributed by atoms with Gasteiger partial charge in [-0.05, 0) is 62.2 Å². The van der Waals surface area contributed by atoms with E-state index >= 15 is 0 Å². The predicted octanol–water partition coefficient (Wildman–Crippen LogP) is 5.32. The molecule has 0 saturated carbocycles. The molecule has 0 amide bonds. The van der Waals surface area contributed by atoms with Gasteiger partial charge in [-0.15, -0.1) is 24.2 Å². The van der Waals surface area contributed by atoms with Crippen LogP contribution in [0.15, 0.2) is 47.4 Å². The summed E-state index contributed by atoms with van der Waals surface area (Å²) in [6, 6.07) is 11.0. The first-order valence-electron chi connectivity index (χ1n) is 8.19. The van der Waals surface area contributed by atoms with Gasteiger partial charge in [0, 0.05) is 16.7 Å². The molecule has 25 heavy (non-hydrogen) atoms. The van der Waals surface area contributed by atoms with Gasteiger partial charge >= 0.3 is 0 Å². The van der Waals surface area contributed by atoms with Crippen LogP contribution in [0.2, 0.25) is 0 Å². The molecule has 6 heteroatoms. The van der Waals surface area contributed by atoms with Crippen molar-refractivity contribution in [2.45, 2.75) is 29.4 Å². The van der Waals surface area contributed by atoms with Crippen LogP contribution in [0.5, 0.6) is 0 Å². The van der Waals surface area contributed by atoms with Crippen LogP contribution >= 0.6 is 24.2 Å². The Kier molecular flexibility index (Phi) is 7.66. The van der Waals surface area contributed by atoms with Crippen LogP contribution in [-0.4, -0.2) is 29.8 Å². The van der Waals surface area contributed by atoms with Gasteiger partial charge in [0.15, 0.2) is 11.6 Å². The molecule has 0 aromatic heterocycles. The highest BCUT2D eigenvalue weighted by atomic mass is 35.5. The highest BCUT2D eigenvalue weighted by Gasteiger charge is 2.20. The number of hydrogen-bond acceptors (Lipinski definition) is 2. The maximum Gasteiger partial charge on any atom is 0.159 e. The molecule has 0 spiro atoms. The molecular formula is C19H21ClF3NS. The second-order valence-electron chi connectivity index (χ2n) is 6.09. The first-order valence-corrected chi connectivity index (χ1v) is 9.07. The molecule has 0 N–H and O–H groups in total. The van der Waals surface area contributed by atoms with Gasteiger partial charge in [0.1, 0.15) is 5.82 Å². The smallest absolute Gasteiger partial charge is 0.159 e. The van der Waals surface area contributed by atoms with Gasteiger partial charge in [-0.2, -0.15) is 0 Å². The average Bonchev–Trinajstić information content (AvgIpc) is 2.59. The minimum absolute atomic E-state index is 0. The topological polar surface area (TPSA) is 3.24 Å². The lowest BCUT2D eigenvalue weighted by Gasteiger charge is -2.31. The molecule has 1 saturated heterocycles. The second kappa shape index (κ2) is 9.51. The van der Waals surface area contributed by atoms with Crippen LogP contribution in [0.1, 0.15) is 18.4 Å². The lowest BCUT2D eigenvalue weighted by atomic mass is 10.1. The van der Waals surface area contributed by atoms with E-state index < -0.39 is 11.6 Å². The molecule has 0 atom stereocenters. The van der Waals surface area contributed by atoms with Crippen LogP contribution in [-0.2, 0) is 6.42 Å². The summed E-state index contributed by atoms with van der Waals surface area (Å²) >= 11 is 1.62. The maximum absolute atomic E-state index is 13.7. The molecule has 0 bridgehead atoms. The number of nitrogens with zero attached hydrogens (tertiary/aromatic N) is 1. The summed E-state index contributed by atoms with van der Waals surface area (Å²) in [5.41, 5.74) is 0.816. The van der Waals surface area contributed by atoms with Gasteiger partial charge in [0.25, 0.3) is 0 Å². The van der Waals surface area contributed by atoms with Crippen LogP contribution < -0.4 is 0 Å². The van der Waals surface area contributed by atoms with Crippen LogP contribution in [0.4, 0.5) is 13.2 Å². The van der Waals surface area contributed by atoms with Crippen molar-refractivity contribution in [3.63, 3.8) is 0 Å². The molecule has 1 heterocycles. The van der Waals surface area contributed by atoms with Crippen LogP contribution in [0.3, 0.4) is 0 Å². The third-order valence-corrected chi connectivity index (χ3v) is 5.76. The van der Waals surface area contributed by atoms with Gasteiger partial charge in [-0.25, -0.2) is 13.2 Å². The Balaban J connectivity index is 0.00000225. The fourth-order valence-corrected chi connectivity index (χ4v) is 4.10. The molecule has 3 rings (SSSR count). The van der Waals surface area contributed by atoms with Crippen LogP contribution in [0, 0.1) is 17.5 Å². The lowest BCUT2D eigenvalue weighted by Crippen LogP contribution is -2.36. The molecular weight excluding hydrogens is 367 g/mol. The lowest BCUT2D eigenvalue weighted by molar-refractivity contribution is 0.235. The Morgan fingerprint density at radius 1 is 0.920 bits per heavy atom. The van der Waals surface area contributed by atoms with E-state index in [1.807, 2.05) is 12.1 Å². The Morgan fingerprint density at radius 2 is 1.64 bits per heavy atom. The Labute approximate surface area is 157 Å². The fourth-order valence-electron chi connectivity index (χ4n) is 2.95. The minimum Gasteiger partial charge on any atom is -0.303 e. The van der Waals surface area contributed by atoms with Crippen LogP contribution in [0.25, 0.3) is 0 Å². The van der Waals surface area contributed by atoms with E-state index in [1.165, 1.54) is 18.2 Å². The quantitative estimate of drug-likeness (QED) is 0.682. The molecule has 136 valence electrons. The molecule has 1 nitrogen and oxygen atoms in total. The zero-order chi connectivity index (χ0) is 16.9. The first kappa shape index (κ1) is 20.1. The van der Waals surface area contributed by atoms with Crippen molar-refractivity contribution in [2.24, 2.45) is 0 Å². The molecule has 0 radical (unpaired) electrons. The van der Waals surface area contributed by atoms with Gasteiger partial charge in [-0.1, -0.05) is 18.2 Å². The standard InChI is InChI=1S/C19H20F3NS.ClH/c20-16-6-5-14(13-18(16)22)7-10-23-11-8-15(9-12-23)24-19-4-2-1-3-17(19)21;/h1-6,13,15H,7-12H2;1H. The number of piperidine rings is 1. The Bertz CT molecular complexity index is 690. The minimum atomic E-state index is -0.801. The largest absolute Gasteiger partial charge is 0.303 e. The highest BCUT2D eigenvalue weighted by molar-refractivity contribution is 8.00. The van der Waals surface area contributed by atoms with Gasteiger partial charge < -0.3 is 4.90 Å². The van der Waals surface area contributed by atoms with Crippen molar-refractivity contribution in [3.05, 3.63) is 65.5 Å². The van der Waals surface area contributed by atoms with E-state index in [0.29, 0.717) is 11.7 Å². The van der Waals surface area contributed by atoms with Gasteiger partial charge in [0.05, 0.1) is 0 Å². The third-order valence-electron chi connectivity index (χ3n) is 4.37. The van der Waals surface area contributed by atoms with Crippen molar-refractivity contribution in [1.29, 1.82) is 0 Å². The van der Waals surface area contributed by atoms with Crippen molar-refractivity contribution in [1.82, 2.24) is 4.90 Å². The number of likely N-dealkylation sites (tertiary alicyclic amines) is 1. The van der Waals surface area contributed by atoms with E-state index in [2.05, 4.69) is 4.90 Å². The average molecular weight is 388 g/mol. The van der Waals surface area contributed by atoms with E-state index in [9.17, 15) is 13.2 Å². The summed E-state index contributed by atoms with van der Waals surface area (Å²) in [5, 5.41) is 0.432. The molecule has 1 aliphatic heterocycles. The summed E-state index contributed by atoms with van der Waals surface area (Å²) < 4.78 is 39.8. The first-order chi connectivity index (χ1) is 11.6. The van der Waals surface area contributed by atoms with E-state index in [0.717, 1.165) is 42.9 Å². The number of halogens is 4. The van der Waals surface area contributed by atoms with Gasteiger partial charge in [-0.3, -0.25) is 0 Å². The van der Waals surface area contributed by atoms with Crippen molar-refractivity contribution < 1.29 is 13.2 Å². The Morgan fingerprint density at radius 3 is 2.32 bits per heavy atom. The van der Waals surface area contributed by atoms with Gasteiger partial charge in [0.2, 0.25) is 0 Å². The Hall–Kier alpha value is -1.17. The van der Waals surface area contributed by atoms with Crippen molar-refractivity contribution in [2.75, 3.05) is 19.6 Å². The monoisotopic (exact) mass is 387 g/mol. The summed E-state index contributed by atoms with van der Waals surface area (Å²) in [6.45, 7) is 2.74. The summed E-state index contributed by atoms with van der Waals surface area (Å²) in [5.74, 6) is -1.74. The van der Waals surface area contributed by atoms with E-state index in [1.54, 1.807) is 23.9 Å². The van der Waals surface area contributed by atoms with E-state index in [4.69, 9.17) is 0 Å².